The van der Waals surface area contributed by atoms with Crippen molar-refractivity contribution < 1.29 is 4.79 Å². The quantitative estimate of drug-likeness (QED) is 0.425. The number of hydrogen-bond acceptors (Lipinski definition) is 2. The minimum Gasteiger partial charge on any atom is -0.345 e. The predicted molar refractivity (Wildman–Crippen MR) is 124 cm³/mol. The van der Waals surface area contributed by atoms with Crippen molar-refractivity contribution in [3.8, 4) is 11.3 Å². The Morgan fingerprint density at radius 2 is 1.63 bits per heavy atom. The average Bonchev–Trinajstić information content (AvgIpc) is 2.79. The van der Waals surface area contributed by atoms with Crippen molar-refractivity contribution in [2.45, 2.75) is 33.2 Å². The van der Waals surface area contributed by atoms with Crippen molar-refractivity contribution in [1.29, 1.82) is 0 Å². The highest BCUT2D eigenvalue weighted by molar-refractivity contribution is 6.07. The zero-order chi connectivity index (χ0) is 21.1. The number of carbonyl (C=O) groups excluding carboxylic acids is 1. The van der Waals surface area contributed by atoms with Gasteiger partial charge in [-0.15, -0.1) is 0 Å². The third-order valence-electron chi connectivity index (χ3n) is 5.68. The van der Waals surface area contributed by atoms with Crippen molar-refractivity contribution in [3.63, 3.8) is 0 Å². The number of benzene rings is 3. The maximum absolute atomic E-state index is 13.4. The topological polar surface area (TPSA) is 42.0 Å². The van der Waals surface area contributed by atoms with Crippen LogP contribution in [-0.2, 0) is 0 Å². The number of nitrogens with one attached hydrogen (secondary N) is 1. The summed E-state index contributed by atoms with van der Waals surface area (Å²) >= 11 is 0. The molecule has 1 heterocycles. The Morgan fingerprint density at radius 1 is 0.900 bits per heavy atom. The molecule has 3 aromatic carbocycles. The van der Waals surface area contributed by atoms with E-state index in [2.05, 4.69) is 56.4 Å². The van der Waals surface area contributed by atoms with E-state index in [1.807, 2.05) is 48.5 Å². The fourth-order valence-electron chi connectivity index (χ4n) is 3.75. The first-order valence-corrected chi connectivity index (χ1v) is 10.4. The van der Waals surface area contributed by atoms with Crippen LogP contribution in [0.4, 0.5) is 0 Å². The second-order valence-corrected chi connectivity index (χ2v) is 7.72. The SMILES string of the molecule is CC[C@@H](NC(=O)c1cc(-c2ccc(C)c(C)c2)nc2ccccc12)c1ccccc1. The van der Waals surface area contributed by atoms with Gasteiger partial charge < -0.3 is 5.32 Å². The van der Waals surface area contributed by atoms with Crippen LogP contribution in [0.3, 0.4) is 0 Å². The molecule has 0 fully saturated rings. The van der Waals surface area contributed by atoms with Crippen molar-refractivity contribution in [2.75, 3.05) is 0 Å². The number of aryl methyl sites for hydroxylation is 2. The summed E-state index contributed by atoms with van der Waals surface area (Å²) in [6.07, 6.45) is 0.822. The minimum atomic E-state index is -0.0746. The Kier molecular flexibility index (Phi) is 5.62. The largest absolute Gasteiger partial charge is 0.345 e. The predicted octanol–water partition coefficient (Wildman–Crippen LogP) is 6.40. The molecule has 4 aromatic rings. The molecule has 0 unspecified atom stereocenters. The number of aromatic nitrogens is 1. The number of pyridine rings is 1. The van der Waals surface area contributed by atoms with E-state index in [9.17, 15) is 4.79 Å². The first-order chi connectivity index (χ1) is 14.6. The maximum atomic E-state index is 13.4. The second-order valence-electron chi connectivity index (χ2n) is 7.72. The molecule has 30 heavy (non-hydrogen) atoms. The second kappa shape index (κ2) is 8.50. The number of amides is 1. The number of hydrogen-bond donors (Lipinski definition) is 1. The number of para-hydroxylation sites is 1. The van der Waals surface area contributed by atoms with E-state index >= 15 is 0 Å². The fraction of sp³-hybridized carbons (Fsp3) is 0.185. The molecule has 0 aliphatic heterocycles. The summed E-state index contributed by atoms with van der Waals surface area (Å²) in [6.45, 7) is 6.28. The Hall–Kier alpha value is -3.46. The monoisotopic (exact) mass is 394 g/mol. The van der Waals surface area contributed by atoms with E-state index in [0.717, 1.165) is 34.1 Å². The third kappa shape index (κ3) is 3.97. The van der Waals surface area contributed by atoms with E-state index in [1.165, 1.54) is 11.1 Å². The summed E-state index contributed by atoms with van der Waals surface area (Å²) in [5.74, 6) is -0.0746. The smallest absolute Gasteiger partial charge is 0.252 e. The van der Waals surface area contributed by atoms with Gasteiger partial charge in [0.2, 0.25) is 0 Å². The summed E-state index contributed by atoms with van der Waals surface area (Å²) in [6, 6.07) is 26.1. The van der Waals surface area contributed by atoms with Gasteiger partial charge in [-0.3, -0.25) is 4.79 Å². The maximum Gasteiger partial charge on any atom is 0.252 e. The van der Waals surface area contributed by atoms with E-state index < -0.39 is 0 Å². The van der Waals surface area contributed by atoms with Gasteiger partial charge in [0.05, 0.1) is 22.8 Å². The Balaban J connectivity index is 1.77. The summed E-state index contributed by atoms with van der Waals surface area (Å²) in [4.78, 5) is 18.2. The van der Waals surface area contributed by atoms with Crippen LogP contribution >= 0.6 is 0 Å². The van der Waals surface area contributed by atoms with Crippen LogP contribution in [0.25, 0.3) is 22.2 Å². The molecule has 1 aromatic heterocycles. The molecule has 0 spiro atoms. The van der Waals surface area contributed by atoms with Gasteiger partial charge in [0, 0.05) is 10.9 Å². The molecule has 0 aliphatic rings. The average molecular weight is 395 g/mol. The first-order valence-electron chi connectivity index (χ1n) is 10.4. The van der Waals surface area contributed by atoms with Crippen LogP contribution in [0.15, 0.2) is 78.9 Å². The van der Waals surface area contributed by atoms with Crippen molar-refractivity contribution in [3.05, 3.63) is 101 Å². The van der Waals surface area contributed by atoms with Gasteiger partial charge in [-0.2, -0.15) is 0 Å². The van der Waals surface area contributed by atoms with Crippen LogP contribution in [0, 0.1) is 13.8 Å². The van der Waals surface area contributed by atoms with Crippen molar-refractivity contribution in [1.82, 2.24) is 10.3 Å². The van der Waals surface area contributed by atoms with Crippen molar-refractivity contribution >= 4 is 16.8 Å². The normalized spacial score (nSPS) is 12.0. The number of carbonyl (C=O) groups is 1. The van der Waals surface area contributed by atoms with Crippen LogP contribution < -0.4 is 5.32 Å². The summed E-state index contributed by atoms with van der Waals surface area (Å²) in [7, 11) is 0. The lowest BCUT2D eigenvalue weighted by Crippen LogP contribution is -2.28. The lowest BCUT2D eigenvalue weighted by atomic mass is 9.99. The number of rotatable bonds is 5. The molecule has 1 amide bonds. The molecule has 4 rings (SSSR count). The molecule has 1 atom stereocenters. The van der Waals surface area contributed by atoms with Crippen LogP contribution in [0.1, 0.15) is 46.4 Å². The fourth-order valence-corrected chi connectivity index (χ4v) is 3.75. The van der Waals surface area contributed by atoms with Crippen molar-refractivity contribution in [2.24, 2.45) is 0 Å². The number of nitrogens with zero attached hydrogens (tertiary/aromatic N) is 1. The summed E-state index contributed by atoms with van der Waals surface area (Å²) < 4.78 is 0. The van der Waals surface area contributed by atoms with Crippen LogP contribution in [0.5, 0.6) is 0 Å². The molecule has 3 heteroatoms. The Bertz CT molecular complexity index is 1200. The van der Waals surface area contributed by atoms with Gasteiger partial charge in [-0.1, -0.05) is 67.6 Å². The lowest BCUT2D eigenvalue weighted by Gasteiger charge is -2.18. The molecule has 150 valence electrons. The molecular weight excluding hydrogens is 368 g/mol. The van der Waals surface area contributed by atoms with Gasteiger partial charge >= 0.3 is 0 Å². The molecule has 0 saturated carbocycles. The Labute approximate surface area is 177 Å². The summed E-state index contributed by atoms with van der Waals surface area (Å²) in [5.41, 5.74) is 6.88. The van der Waals surface area contributed by atoms with Crippen LogP contribution in [0.2, 0.25) is 0 Å². The minimum absolute atomic E-state index is 0.0318. The number of fused-ring (bicyclic) bond motifs is 1. The summed E-state index contributed by atoms with van der Waals surface area (Å²) in [5, 5.41) is 4.09. The standard InChI is InChI=1S/C27H26N2O/c1-4-24(20-10-6-5-7-11-20)29-27(30)23-17-26(21-15-14-18(2)19(3)16-21)28-25-13-9-8-12-22(23)25/h5-17,24H,4H2,1-3H3,(H,29,30)/t24-/m1/s1. The highest BCUT2D eigenvalue weighted by atomic mass is 16.1. The lowest BCUT2D eigenvalue weighted by molar-refractivity contribution is 0.0937. The highest BCUT2D eigenvalue weighted by Crippen LogP contribution is 2.27. The zero-order valence-corrected chi connectivity index (χ0v) is 17.6. The van der Waals surface area contributed by atoms with Gasteiger partial charge in [-0.05, 0) is 55.2 Å². The molecule has 3 nitrogen and oxygen atoms in total. The molecular formula is C27H26N2O. The van der Waals surface area contributed by atoms with Crippen LogP contribution in [-0.4, -0.2) is 10.9 Å². The van der Waals surface area contributed by atoms with E-state index in [1.54, 1.807) is 0 Å². The third-order valence-corrected chi connectivity index (χ3v) is 5.68. The molecule has 0 bridgehead atoms. The molecule has 0 radical (unpaired) electrons. The van der Waals surface area contributed by atoms with Gasteiger partial charge in [0.15, 0.2) is 0 Å². The molecule has 0 saturated heterocycles. The highest BCUT2D eigenvalue weighted by Gasteiger charge is 2.18. The van der Waals surface area contributed by atoms with Gasteiger partial charge in [0.1, 0.15) is 0 Å². The van der Waals surface area contributed by atoms with Gasteiger partial charge in [-0.25, -0.2) is 4.98 Å². The molecule has 1 N–H and O–H groups in total. The van der Waals surface area contributed by atoms with E-state index in [-0.39, 0.29) is 11.9 Å². The van der Waals surface area contributed by atoms with E-state index in [0.29, 0.717) is 5.56 Å². The zero-order valence-electron chi connectivity index (χ0n) is 17.6. The van der Waals surface area contributed by atoms with Gasteiger partial charge in [0.25, 0.3) is 5.91 Å². The first kappa shape index (κ1) is 19.8. The molecule has 0 aliphatic carbocycles. The van der Waals surface area contributed by atoms with E-state index in [4.69, 9.17) is 4.98 Å². The Morgan fingerprint density at radius 3 is 2.37 bits per heavy atom.